The molecule has 0 unspecified atom stereocenters. The first-order valence-electron chi connectivity index (χ1n) is 5.86. The van der Waals surface area contributed by atoms with E-state index in [1.807, 2.05) is 12.1 Å². The number of nitrogens with zero attached hydrogens (tertiary/aromatic N) is 1. The Kier molecular flexibility index (Phi) is 3.62. The van der Waals surface area contributed by atoms with Crippen LogP contribution >= 0.6 is 35.2 Å². The highest BCUT2D eigenvalue weighted by Gasteiger charge is 2.11. The number of imidazole rings is 1. The Labute approximate surface area is 127 Å². The first kappa shape index (κ1) is 13.7. The Bertz CT molecular complexity index is 835. The van der Waals surface area contributed by atoms with Gasteiger partial charge in [-0.1, -0.05) is 11.6 Å². The zero-order valence-electron chi connectivity index (χ0n) is 10.1. The number of nitrogens with one attached hydrogen (secondary N) is 1. The fourth-order valence-electron chi connectivity index (χ4n) is 2.11. The quantitative estimate of drug-likeness (QED) is 0.675. The lowest BCUT2D eigenvalue weighted by Gasteiger charge is -2.03. The van der Waals surface area contributed by atoms with Crippen LogP contribution < -0.4 is 0 Å². The molecule has 0 bridgehead atoms. The number of benzene rings is 1. The summed E-state index contributed by atoms with van der Waals surface area (Å²) in [6.07, 6.45) is 0.705. The van der Waals surface area contributed by atoms with Crippen LogP contribution in [0.1, 0.15) is 4.88 Å². The van der Waals surface area contributed by atoms with Gasteiger partial charge in [0.25, 0.3) is 0 Å². The van der Waals surface area contributed by atoms with E-state index in [1.54, 1.807) is 4.57 Å². The van der Waals surface area contributed by atoms with Gasteiger partial charge in [0.05, 0.1) is 9.85 Å². The number of thiophene rings is 1. The number of fused-ring (bicyclic) bond motifs is 1. The molecule has 3 aromatic rings. The molecule has 104 valence electrons. The highest BCUT2D eigenvalue weighted by Crippen LogP contribution is 2.24. The number of aromatic nitrogens is 2. The van der Waals surface area contributed by atoms with Crippen molar-refractivity contribution in [3.63, 3.8) is 0 Å². The third kappa shape index (κ3) is 2.51. The molecule has 0 aliphatic heterocycles. The molecule has 2 nitrogen and oxygen atoms in total. The summed E-state index contributed by atoms with van der Waals surface area (Å²) < 4.78 is 29.8. The highest BCUT2D eigenvalue weighted by molar-refractivity contribution is 7.71. The van der Waals surface area contributed by atoms with Crippen LogP contribution in [-0.2, 0) is 13.0 Å². The minimum Gasteiger partial charge on any atom is -0.328 e. The van der Waals surface area contributed by atoms with Crippen LogP contribution in [0.15, 0.2) is 24.3 Å². The van der Waals surface area contributed by atoms with Crippen LogP contribution in [0.2, 0.25) is 4.34 Å². The van der Waals surface area contributed by atoms with Gasteiger partial charge in [-0.3, -0.25) is 0 Å². The number of aromatic amines is 1. The van der Waals surface area contributed by atoms with Gasteiger partial charge in [0.1, 0.15) is 11.3 Å². The number of hydrogen-bond acceptors (Lipinski definition) is 2. The summed E-state index contributed by atoms with van der Waals surface area (Å²) in [4.78, 5) is 3.88. The summed E-state index contributed by atoms with van der Waals surface area (Å²) in [6.45, 7) is 0.540. The van der Waals surface area contributed by atoms with Crippen molar-refractivity contribution in [3.05, 3.63) is 49.9 Å². The van der Waals surface area contributed by atoms with Gasteiger partial charge in [0.2, 0.25) is 0 Å². The number of hydrogen-bond donors (Lipinski definition) is 1. The van der Waals surface area contributed by atoms with Crippen molar-refractivity contribution in [2.45, 2.75) is 13.0 Å². The number of rotatable bonds is 3. The van der Waals surface area contributed by atoms with Crippen LogP contribution in [0.25, 0.3) is 11.0 Å². The van der Waals surface area contributed by atoms with Crippen molar-refractivity contribution in [3.8, 4) is 0 Å². The van der Waals surface area contributed by atoms with E-state index in [0.29, 0.717) is 23.3 Å². The predicted molar refractivity (Wildman–Crippen MR) is 80.1 cm³/mol. The standard InChI is InChI=1S/C13H9ClF2N2S2/c14-11-2-1-8(20-11)3-4-18-10-6-7(15)5-9(16)12(10)17-13(18)19/h1-2,5-6H,3-4H2,(H,17,19). The van der Waals surface area contributed by atoms with E-state index >= 15 is 0 Å². The lowest BCUT2D eigenvalue weighted by Crippen LogP contribution is -2.00. The van der Waals surface area contributed by atoms with Gasteiger partial charge in [0.15, 0.2) is 10.6 Å². The summed E-state index contributed by atoms with van der Waals surface area (Å²) in [5, 5.41) is 0. The highest BCUT2D eigenvalue weighted by atomic mass is 35.5. The fourth-order valence-corrected chi connectivity index (χ4v) is 3.48. The Morgan fingerprint density at radius 2 is 2.10 bits per heavy atom. The van der Waals surface area contributed by atoms with E-state index in [0.717, 1.165) is 15.3 Å². The minimum absolute atomic E-state index is 0.237. The molecule has 0 radical (unpaired) electrons. The lowest BCUT2D eigenvalue weighted by atomic mass is 10.3. The van der Waals surface area contributed by atoms with Crippen LogP contribution in [0.4, 0.5) is 8.78 Å². The van der Waals surface area contributed by atoms with Crippen LogP contribution in [0, 0.1) is 16.4 Å². The Morgan fingerprint density at radius 3 is 2.80 bits per heavy atom. The molecule has 0 aliphatic carbocycles. The molecule has 2 heterocycles. The third-order valence-corrected chi connectivity index (χ3v) is 4.63. The van der Waals surface area contributed by atoms with Crippen molar-refractivity contribution < 1.29 is 8.78 Å². The van der Waals surface area contributed by atoms with Crippen molar-refractivity contribution >= 4 is 46.2 Å². The molecular formula is C13H9ClF2N2S2. The van der Waals surface area contributed by atoms with E-state index in [4.69, 9.17) is 23.8 Å². The first-order chi connectivity index (χ1) is 9.54. The monoisotopic (exact) mass is 330 g/mol. The van der Waals surface area contributed by atoms with Gasteiger partial charge >= 0.3 is 0 Å². The van der Waals surface area contributed by atoms with Crippen LogP contribution in [0.5, 0.6) is 0 Å². The van der Waals surface area contributed by atoms with Gasteiger partial charge in [-0.2, -0.15) is 0 Å². The van der Waals surface area contributed by atoms with E-state index < -0.39 is 11.6 Å². The SMILES string of the molecule is Fc1cc(F)c2[nH]c(=S)n(CCc3ccc(Cl)s3)c2c1. The number of H-pyrrole nitrogens is 1. The predicted octanol–water partition coefficient (Wildman–Crippen LogP) is 4.93. The lowest BCUT2D eigenvalue weighted by molar-refractivity contribution is 0.589. The Hall–Kier alpha value is -1.24. The molecule has 0 saturated heterocycles. The van der Waals surface area contributed by atoms with Gasteiger partial charge in [-0.15, -0.1) is 11.3 Å². The van der Waals surface area contributed by atoms with Gasteiger partial charge < -0.3 is 9.55 Å². The second-order valence-electron chi connectivity index (χ2n) is 4.32. The molecule has 2 aromatic heterocycles. The normalized spacial score (nSPS) is 11.3. The van der Waals surface area contributed by atoms with Gasteiger partial charge in [-0.05, 0) is 36.8 Å². The van der Waals surface area contributed by atoms with Gasteiger partial charge in [-0.25, -0.2) is 8.78 Å². The molecule has 7 heteroatoms. The largest absolute Gasteiger partial charge is 0.328 e. The summed E-state index contributed by atoms with van der Waals surface area (Å²) in [5.74, 6) is -1.25. The van der Waals surface area contributed by atoms with E-state index in [-0.39, 0.29) is 5.52 Å². The third-order valence-electron chi connectivity index (χ3n) is 3.01. The average Bonchev–Trinajstić information content (AvgIpc) is 2.91. The maximum Gasteiger partial charge on any atom is 0.178 e. The Balaban J connectivity index is 1.98. The molecule has 20 heavy (non-hydrogen) atoms. The summed E-state index contributed by atoms with van der Waals surface area (Å²) in [6, 6.07) is 5.89. The van der Waals surface area contributed by atoms with E-state index in [9.17, 15) is 8.78 Å². The number of aryl methyl sites for hydroxylation is 2. The molecule has 3 rings (SSSR count). The van der Waals surface area contributed by atoms with Crippen molar-refractivity contribution in [2.75, 3.05) is 0 Å². The van der Waals surface area contributed by atoms with Crippen LogP contribution in [0.3, 0.4) is 0 Å². The fraction of sp³-hybridized carbons (Fsp3) is 0.154. The summed E-state index contributed by atoms with van der Waals surface area (Å²) in [5.41, 5.74) is 0.677. The number of halogens is 3. The van der Waals surface area contributed by atoms with E-state index in [2.05, 4.69) is 4.98 Å². The minimum atomic E-state index is -0.635. The molecule has 0 saturated carbocycles. The maximum atomic E-state index is 13.7. The summed E-state index contributed by atoms with van der Waals surface area (Å²) >= 11 is 12.5. The van der Waals surface area contributed by atoms with Crippen molar-refractivity contribution in [1.29, 1.82) is 0 Å². The molecule has 0 spiro atoms. The molecule has 0 amide bonds. The van der Waals surface area contributed by atoms with Gasteiger partial charge in [0, 0.05) is 17.5 Å². The second-order valence-corrected chi connectivity index (χ2v) is 6.51. The zero-order chi connectivity index (χ0) is 14.3. The van der Waals surface area contributed by atoms with Crippen LogP contribution in [-0.4, -0.2) is 9.55 Å². The smallest absolute Gasteiger partial charge is 0.178 e. The molecule has 0 atom stereocenters. The topological polar surface area (TPSA) is 20.7 Å². The van der Waals surface area contributed by atoms with Crippen molar-refractivity contribution in [2.24, 2.45) is 0 Å². The zero-order valence-corrected chi connectivity index (χ0v) is 12.5. The Morgan fingerprint density at radius 1 is 1.30 bits per heavy atom. The summed E-state index contributed by atoms with van der Waals surface area (Å²) in [7, 11) is 0. The molecular weight excluding hydrogens is 322 g/mol. The van der Waals surface area contributed by atoms with Crippen molar-refractivity contribution in [1.82, 2.24) is 9.55 Å². The first-order valence-corrected chi connectivity index (χ1v) is 7.46. The molecule has 1 aromatic carbocycles. The molecule has 1 N–H and O–H groups in total. The average molecular weight is 331 g/mol. The molecule has 0 aliphatic rings. The maximum absolute atomic E-state index is 13.7. The van der Waals surface area contributed by atoms with E-state index in [1.165, 1.54) is 17.4 Å². The molecule has 0 fully saturated rings. The second kappa shape index (κ2) is 5.27.